The van der Waals surface area contributed by atoms with E-state index in [1.54, 1.807) is 18.2 Å². The summed E-state index contributed by atoms with van der Waals surface area (Å²) < 4.78 is 0. The van der Waals surface area contributed by atoms with Gasteiger partial charge in [0.05, 0.1) is 0 Å². The molecule has 270 valence electrons. The number of aryl methyl sites for hydroxylation is 4. The average molecular weight is 687 g/mol. The molecule has 6 rings (SSSR count). The molecule has 0 radical (unpaired) electrons. The molecule has 4 aromatic carbocycles. The number of hydrogen-bond donors (Lipinski definition) is 0. The molecule has 2 aliphatic rings. The Labute approximate surface area is 305 Å². The van der Waals surface area contributed by atoms with Crippen molar-refractivity contribution >= 4 is 0 Å². The van der Waals surface area contributed by atoms with Gasteiger partial charge in [-0.1, -0.05) is 113 Å². The van der Waals surface area contributed by atoms with Gasteiger partial charge in [0.25, 0.3) is 0 Å². The highest BCUT2D eigenvalue weighted by Crippen LogP contribution is 2.39. The van der Waals surface area contributed by atoms with Crippen LogP contribution in [0.5, 0.6) is 0 Å². The van der Waals surface area contributed by atoms with E-state index >= 15 is 0 Å². The van der Waals surface area contributed by atoms with Gasteiger partial charge in [-0.2, -0.15) is 0 Å². The van der Waals surface area contributed by atoms with Gasteiger partial charge in [-0.15, -0.1) is 0 Å². The highest BCUT2D eigenvalue weighted by Gasteiger charge is 2.23. The van der Waals surface area contributed by atoms with E-state index in [-0.39, 0.29) is 21.7 Å². The monoisotopic (exact) mass is 686 g/mol. The molecule has 0 bridgehead atoms. The third kappa shape index (κ3) is 13.7. The van der Waals surface area contributed by atoms with Crippen LogP contribution in [0.2, 0.25) is 0 Å². The fraction of sp³-hybridized carbons (Fsp3) is 0.404. The van der Waals surface area contributed by atoms with Crippen molar-refractivity contribution in [2.75, 3.05) is 0 Å². The zero-order valence-electron chi connectivity index (χ0n) is 32.1. The minimum atomic E-state index is 0.128. The van der Waals surface area contributed by atoms with E-state index in [9.17, 15) is 19.2 Å². The van der Waals surface area contributed by atoms with Crippen LogP contribution in [0.25, 0.3) is 0 Å². The molecule has 0 aromatic heterocycles. The molecular weight excluding hydrogens is 629 g/mol. The van der Waals surface area contributed by atoms with Crippen LogP contribution in [0.1, 0.15) is 141 Å². The second-order valence-corrected chi connectivity index (χ2v) is 14.6. The molecule has 0 spiro atoms. The van der Waals surface area contributed by atoms with E-state index in [4.69, 9.17) is 0 Å². The third-order valence-corrected chi connectivity index (χ3v) is 10.0. The first-order valence-corrected chi connectivity index (χ1v) is 18.7. The van der Waals surface area contributed by atoms with E-state index in [2.05, 4.69) is 39.8 Å². The van der Waals surface area contributed by atoms with Crippen LogP contribution in [-0.4, -0.2) is 0 Å². The van der Waals surface area contributed by atoms with Crippen molar-refractivity contribution in [3.63, 3.8) is 0 Å². The zero-order valence-corrected chi connectivity index (χ0v) is 32.1. The Kier molecular flexibility index (Phi) is 16.4. The van der Waals surface area contributed by atoms with Crippen molar-refractivity contribution in [2.24, 2.45) is 0 Å². The number of hydrogen-bond acceptors (Lipinski definition) is 4. The summed E-state index contributed by atoms with van der Waals surface area (Å²) >= 11 is 0. The fourth-order valence-electron chi connectivity index (χ4n) is 5.88. The molecule has 51 heavy (non-hydrogen) atoms. The smallest absolute Gasteiger partial charge is 0.181 e. The Morgan fingerprint density at radius 3 is 1.24 bits per heavy atom. The van der Waals surface area contributed by atoms with Gasteiger partial charge in [0.1, 0.15) is 0 Å². The minimum Gasteiger partial charge on any atom is -0.290 e. The highest BCUT2D eigenvalue weighted by atomic mass is 16.1. The standard InChI is InChI=1S/C13H16O.C12H16O.C11H12O.C11H14O/c1-10-5-4-8-12(9-13(10)14)11-6-2-3-7-11;1-4-9(2)11-7-5-6-10(3)12(13)8-11;1-8-3-2-4-10(7-11(8)12)9-5-6-9;1-8(2)10-6-4-5-9(3)11(12)7-10/h4-5,8-9,11H,2-3,6-7H2,1H3;5-9H,4H2,1-3H3;2-4,7,9H,5-6H2,1H3;4-8H,1-3H3. The van der Waals surface area contributed by atoms with Crippen LogP contribution in [-0.2, 0) is 0 Å². The van der Waals surface area contributed by atoms with Crippen molar-refractivity contribution in [3.8, 4) is 0 Å². The Hall–Kier alpha value is -4.44. The van der Waals surface area contributed by atoms with Gasteiger partial charge in [0.2, 0.25) is 0 Å². The van der Waals surface area contributed by atoms with Crippen molar-refractivity contribution in [3.05, 3.63) is 182 Å². The van der Waals surface area contributed by atoms with E-state index in [0.717, 1.165) is 39.8 Å². The Balaban J connectivity index is 0.000000184. The maximum Gasteiger partial charge on any atom is 0.181 e. The van der Waals surface area contributed by atoms with Gasteiger partial charge >= 0.3 is 0 Å². The van der Waals surface area contributed by atoms with E-state index < -0.39 is 0 Å². The van der Waals surface area contributed by atoms with Crippen LogP contribution in [0.3, 0.4) is 0 Å². The van der Waals surface area contributed by atoms with Gasteiger partial charge in [-0.05, 0) is 152 Å². The molecule has 4 aromatic rings. The van der Waals surface area contributed by atoms with Crippen molar-refractivity contribution < 1.29 is 0 Å². The predicted octanol–water partition coefficient (Wildman–Crippen LogP) is 10.6. The van der Waals surface area contributed by atoms with Gasteiger partial charge in [0.15, 0.2) is 21.7 Å². The molecule has 0 N–H and O–H groups in total. The van der Waals surface area contributed by atoms with E-state index in [0.29, 0.717) is 23.7 Å². The first-order chi connectivity index (χ1) is 24.3. The average Bonchev–Trinajstić information content (AvgIpc) is 3.92. The molecule has 2 fully saturated rings. The number of rotatable bonds is 5. The van der Waals surface area contributed by atoms with E-state index in [1.807, 2.05) is 94.4 Å². The van der Waals surface area contributed by atoms with Gasteiger partial charge in [-0.25, -0.2) is 0 Å². The molecule has 0 aliphatic heterocycles. The molecule has 1 unspecified atom stereocenters. The molecule has 0 saturated heterocycles. The van der Waals surface area contributed by atoms with Crippen LogP contribution in [0.4, 0.5) is 0 Å². The van der Waals surface area contributed by atoms with Crippen molar-refractivity contribution in [1.29, 1.82) is 0 Å². The predicted molar refractivity (Wildman–Crippen MR) is 216 cm³/mol. The topological polar surface area (TPSA) is 68.3 Å². The summed E-state index contributed by atoms with van der Waals surface area (Å²) in [5, 5.41) is 0. The first-order valence-electron chi connectivity index (χ1n) is 18.7. The lowest BCUT2D eigenvalue weighted by Gasteiger charge is -2.05. The molecule has 4 nitrogen and oxygen atoms in total. The quantitative estimate of drug-likeness (QED) is 0.210. The first kappa shape index (κ1) is 41.0. The fourth-order valence-corrected chi connectivity index (χ4v) is 5.88. The van der Waals surface area contributed by atoms with E-state index in [1.165, 1.54) is 49.7 Å². The Morgan fingerprint density at radius 1 is 0.490 bits per heavy atom. The molecule has 0 amide bonds. The summed E-state index contributed by atoms with van der Waals surface area (Å²) in [7, 11) is 0. The summed E-state index contributed by atoms with van der Waals surface area (Å²) in [6, 6.07) is 30.7. The Bertz CT molecular complexity index is 1910. The molecular formula is C47H58O4. The summed E-state index contributed by atoms with van der Waals surface area (Å²) in [5.41, 5.74) is 8.61. The molecule has 1 atom stereocenters. The minimum absolute atomic E-state index is 0.128. The maximum absolute atomic E-state index is 11.6. The van der Waals surface area contributed by atoms with Gasteiger partial charge in [-0.3, -0.25) is 19.2 Å². The zero-order chi connectivity index (χ0) is 37.5. The summed E-state index contributed by atoms with van der Waals surface area (Å²) in [6.07, 6.45) is 8.71. The lowest BCUT2D eigenvalue weighted by molar-refractivity contribution is 0.723. The van der Waals surface area contributed by atoms with Gasteiger partial charge < -0.3 is 0 Å². The maximum atomic E-state index is 11.6. The normalized spacial score (nSPS) is 14.1. The van der Waals surface area contributed by atoms with Crippen LogP contribution >= 0.6 is 0 Å². The largest absolute Gasteiger partial charge is 0.290 e. The van der Waals surface area contributed by atoms with Crippen LogP contribution in [0.15, 0.2) is 116 Å². The SMILES string of the molecule is CCC(C)c1cccc(C)c(=O)c1.Cc1cccc(C(C)C)cc1=O.Cc1cccc(C2CC2)cc1=O.Cc1cccc(C2CCCC2)cc1=O. The molecule has 2 aliphatic carbocycles. The third-order valence-electron chi connectivity index (χ3n) is 10.0. The lowest BCUT2D eigenvalue weighted by Crippen LogP contribution is -2.01. The summed E-state index contributed by atoms with van der Waals surface area (Å²) in [6.45, 7) is 15.9. The van der Waals surface area contributed by atoms with Crippen LogP contribution < -0.4 is 21.7 Å². The van der Waals surface area contributed by atoms with Crippen molar-refractivity contribution in [2.45, 2.75) is 124 Å². The second-order valence-electron chi connectivity index (χ2n) is 14.6. The summed E-state index contributed by atoms with van der Waals surface area (Å²) in [4.78, 5) is 45.8. The highest BCUT2D eigenvalue weighted by molar-refractivity contribution is 5.26. The van der Waals surface area contributed by atoms with Crippen molar-refractivity contribution in [1.82, 2.24) is 0 Å². The summed E-state index contributed by atoms with van der Waals surface area (Å²) in [5.74, 6) is 2.20. The second kappa shape index (κ2) is 20.4. The molecule has 4 heteroatoms. The Morgan fingerprint density at radius 2 is 0.843 bits per heavy atom. The van der Waals surface area contributed by atoms with Gasteiger partial charge in [0, 0.05) is 0 Å². The molecule has 0 heterocycles. The van der Waals surface area contributed by atoms with Crippen LogP contribution in [0, 0.1) is 27.7 Å². The molecule has 2 saturated carbocycles. The lowest BCUT2D eigenvalue weighted by atomic mass is 9.99.